The van der Waals surface area contributed by atoms with E-state index in [9.17, 15) is 4.79 Å². The van der Waals surface area contributed by atoms with Crippen LogP contribution in [0.3, 0.4) is 0 Å². The molecule has 2 rings (SSSR count). The van der Waals surface area contributed by atoms with Gasteiger partial charge in [0.1, 0.15) is 6.10 Å². The highest BCUT2D eigenvalue weighted by Gasteiger charge is 2.54. The number of esters is 1. The molecule has 152 valence electrons. The number of rotatable bonds is 6. The summed E-state index contributed by atoms with van der Waals surface area (Å²) in [7, 11) is -1.88. The van der Waals surface area contributed by atoms with Crippen LogP contribution in [0.15, 0.2) is 37.0 Å². The fourth-order valence-corrected chi connectivity index (χ4v) is 5.86. The lowest BCUT2D eigenvalue weighted by Gasteiger charge is -2.40. The quantitative estimate of drug-likeness (QED) is 0.245. The Labute approximate surface area is 167 Å². The molecule has 1 aliphatic carbocycles. The van der Waals surface area contributed by atoms with E-state index in [1.807, 2.05) is 6.08 Å². The van der Waals surface area contributed by atoms with Gasteiger partial charge in [-0.3, -0.25) is 0 Å². The van der Waals surface area contributed by atoms with Gasteiger partial charge in [-0.25, -0.2) is 4.79 Å². The number of hydrogen-bond donors (Lipinski definition) is 0. The van der Waals surface area contributed by atoms with Gasteiger partial charge in [-0.1, -0.05) is 52.5 Å². The molecule has 1 heterocycles. The molecule has 3 nitrogen and oxygen atoms in total. The van der Waals surface area contributed by atoms with E-state index in [4.69, 9.17) is 9.16 Å². The second kappa shape index (κ2) is 7.71. The molecular formula is C23H38O3Si. The molecular weight excluding hydrogens is 352 g/mol. The Balaban J connectivity index is 2.32. The first kappa shape index (κ1) is 22.2. The minimum Gasteiger partial charge on any atom is -0.458 e. The van der Waals surface area contributed by atoms with Crippen molar-refractivity contribution in [3.05, 3.63) is 37.0 Å². The van der Waals surface area contributed by atoms with E-state index >= 15 is 0 Å². The molecule has 0 aromatic heterocycles. The summed E-state index contributed by atoms with van der Waals surface area (Å²) in [5, 5.41) is 0.170. The molecule has 0 aromatic rings. The topological polar surface area (TPSA) is 35.5 Å². The molecule has 4 heteroatoms. The van der Waals surface area contributed by atoms with Crippen molar-refractivity contribution < 1.29 is 14.0 Å². The third-order valence-electron chi connectivity index (χ3n) is 7.18. The van der Waals surface area contributed by atoms with Crippen LogP contribution in [0.25, 0.3) is 0 Å². The molecule has 1 aliphatic heterocycles. The van der Waals surface area contributed by atoms with E-state index in [0.29, 0.717) is 17.4 Å². The zero-order valence-corrected chi connectivity index (χ0v) is 19.3. The maximum absolute atomic E-state index is 12.2. The summed E-state index contributed by atoms with van der Waals surface area (Å²) in [6.07, 6.45) is 3.55. The van der Waals surface area contributed by atoms with Gasteiger partial charge in [-0.15, -0.1) is 6.58 Å². The summed E-state index contributed by atoms with van der Waals surface area (Å²) in [6, 6.07) is 0. The number of carbonyl (C=O) groups is 1. The van der Waals surface area contributed by atoms with Crippen LogP contribution >= 0.6 is 0 Å². The predicted octanol–water partition coefficient (Wildman–Crippen LogP) is 5.90. The van der Waals surface area contributed by atoms with Crippen molar-refractivity contribution in [2.75, 3.05) is 0 Å². The molecule has 0 unspecified atom stereocenters. The lowest BCUT2D eigenvalue weighted by Crippen LogP contribution is -2.45. The van der Waals surface area contributed by atoms with Crippen LogP contribution in [-0.2, 0) is 14.0 Å². The molecule has 1 saturated heterocycles. The average Bonchev–Trinajstić information content (AvgIpc) is 2.98. The second-order valence-electron chi connectivity index (χ2n) is 10.1. The third-order valence-corrected chi connectivity index (χ3v) is 11.7. The molecule has 27 heavy (non-hydrogen) atoms. The molecule has 6 atom stereocenters. The van der Waals surface area contributed by atoms with Crippen LogP contribution in [0.1, 0.15) is 47.5 Å². The molecule has 0 radical (unpaired) electrons. The van der Waals surface area contributed by atoms with Gasteiger partial charge in [-0.05, 0) is 49.7 Å². The van der Waals surface area contributed by atoms with Crippen LogP contribution in [0.2, 0.25) is 18.1 Å². The zero-order chi connectivity index (χ0) is 20.7. The van der Waals surface area contributed by atoms with Crippen molar-refractivity contribution >= 4 is 14.3 Å². The monoisotopic (exact) mass is 390 g/mol. The second-order valence-corrected chi connectivity index (χ2v) is 14.8. The van der Waals surface area contributed by atoms with Crippen molar-refractivity contribution in [2.24, 2.45) is 23.7 Å². The molecule has 2 aliphatic rings. The normalized spacial score (nSPS) is 34.6. The van der Waals surface area contributed by atoms with E-state index in [0.717, 1.165) is 18.4 Å². The summed E-state index contributed by atoms with van der Waals surface area (Å²) in [6.45, 7) is 27.9. The Morgan fingerprint density at radius 1 is 1.37 bits per heavy atom. The highest BCUT2D eigenvalue weighted by molar-refractivity contribution is 6.74. The highest BCUT2D eigenvalue weighted by Crippen LogP contribution is 2.51. The van der Waals surface area contributed by atoms with Gasteiger partial charge in [0, 0.05) is 23.5 Å². The highest BCUT2D eigenvalue weighted by atomic mass is 28.4. The fourth-order valence-electron chi connectivity index (χ4n) is 4.44. The lowest BCUT2D eigenvalue weighted by molar-refractivity contribution is -0.142. The maximum atomic E-state index is 12.2. The van der Waals surface area contributed by atoms with Gasteiger partial charge < -0.3 is 9.16 Å². The van der Waals surface area contributed by atoms with Gasteiger partial charge in [0.25, 0.3) is 0 Å². The number of ether oxygens (including phenoxy) is 1. The van der Waals surface area contributed by atoms with Crippen LogP contribution in [0.5, 0.6) is 0 Å². The Kier molecular flexibility index (Phi) is 6.33. The molecule has 2 fully saturated rings. The first-order valence-corrected chi connectivity index (χ1v) is 13.1. The minimum absolute atomic E-state index is 0.0101. The number of carbonyl (C=O) groups excluding carboxylic acids is 1. The molecule has 0 aromatic carbocycles. The van der Waals surface area contributed by atoms with Crippen molar-refractivity contribution in [1.29, 1.82) is 0 Å². The Morgan fingerprint density at radius 2 is 1.96 bits per heavy atom. The van der Waals surface area contributed by atoms with E-state index in [1.165, 1.54) is 0 Å². The maximum Gasteiger partial charge on any atom is 0.334 e. The number of allylic oxidation sites excluding steroid dienone is 2. The summed E-state index contributed by atoms with van der Waals surface area (Å²) in [5.74, 6) is 0.567. The largest absolute Gasteiger partial charge is 0.458 e. The van der Waals surface area contributed by atoms with Crippen LogP contribution in [-0.4, -0.2) is 26.5 Å². The first-order valence-electron chi connectivity index (χ1n) is 10.2. The summed E-state index contributed by atoms with van der Waals surface area (Å²) in [5.41, 5.74) is 1.74. The van der Waals surface area contributed by atoms with Crippen molar-refractivity contribution in [3.63, 3.8) is 0 Å². The third kappa shape index (κ3) is 4.17. The Bertz CT molecular complexity index is 628. The van der Waals surface area contributed by atoms with Crippen LogP contribution in [0.4, 0.5) is 0 Å². The van der Waals surface area contributed by atoms with E-state index in [2.05, 4.69) is 67.4 Å². The van der Waals surface area contributed by atoms with E-state index in [1.54, 1.807) is 0 Å². The first-order chi connectivity index (χ1) is 12.3. The van der Waals surface area contributed by atoms with Gasteiger partial charge >= 0.3 is 5.97 Å². The van der Waals surface area contributed by atoms with Crippen LogP contribution in [0, 0.1) is 23.7 Å². The Morgan fingerprint density at radius 3 is 2.44 bits per heavy atom. The van der Waals surface area contributed by atoms with Crippen molar-refractivity contribution in [3.8, 4) is 0 Å². The van der Waals surface area contributed by atoms with Gasteiger partial charge in [0.2, 0.25) is 0 Å². The summed E-state index contributed by atoms with van der Waals surface area (Å²) >= 11 is 0. The number of hydrogen-bond acceptors (Lipinski definition) is 3. The van der Waals surface area contributed by atoms with Crippen molar-refractivity contribution in [2.45, 2.75) is 77.8 Å². The fraction of sp³-hybridized carbons (Fsp3) is 0.696. The summed E-state index contributed by atoms with van der Waals surface area (Å²) < 4.78 is 12.7. The molecule has 0 N–H and O–H groups in total. The number of cyclic esters (lactones) is 1. The van der Waals surface area contributed by atoms with E-state index < -0.39 is 8.32 Å². The smallest absolute Gasteiger partial charge is 0.334 e. The zero-order valence-electron chi connectivity index (χ0n) is 18.3. The van der Waals surface area contributed by atoms with E-state index in [-0.39, 0.29) is 35.1 Å². The molecule has 0 amide bonds. The van der Waals surface area contributed by atoms with Gasteiger partial charge in [-0.2, -0.15) is 0 Å². The summed E-state index contributed by atoms with van der Waals surface area (Å²) in [4.78, 5) is 12.2. The van der Waals surface area contributed by atoms with Gasteiger partial charge in [0.15, 0.2) is 8.32 Å². The molecule has 0 spiro atoms. The lowest BCUT2D eigenvalue weighted by atomic mass is 9.76. The predicted molar refractivity (Wildman–Crippen MR) is 115 cm³/mol. The standard InChI is InChI=1S/C23H38O3Si/c1-11-12-17-15(4)22(24)25-21(17)20-16(5)19(13-18(20)14(2)3)26-27(9,10)23(6,7)8/h11,16-21H,1-2,4,12-13H2,3,5-10H3/t16-,17+,18+,19-,20+,21+/m1/s1. The van der Waals surface area contributed by atoms with Gasteiger partial charge in [0.05, 0.1) is 0 Å². The average molecular weight is 391 g/mol. The van der Waals surface area contributed by atoms with Crippen molar-refractivity contribution in [1.82, 2.24) is 0 Å². The minimum atomic E-state index is -1.88. The SMILES string of the molecule is C=CC[C@H]1C(=C)C(=O)O[C@@H]1[C@H]1[C@H](C)[C@H](O[Si](C)(C)C(C)(C)C)C[C@H]1C(=C)C. The molecule has 1 saturated carbocycles. The Hall–Kier alpha value is -1.13. The molecule has 0 bridgehead atoms. The van der Waals surface area contributed by atoms with Crippen LogP contribution < -0.4 is 0 Å².